The lowest BCUT2D eigenvalue weighted by molar-refractivity contribution is -0.138. The number of hydrogen-bond donors (Lipinski definition) is 1. The van der Waals surface area contributed by atoms with E-state index in [0.717, 1.165) is 41.9 Å². The Morgan fingerprint density at radius 3 is 2.42 bits per heavy atom. The molecule has 4 saturated carbocycles. The summed E-state index contributed by atoms with van der Waals surface area (Å²) in [5.74, 6) is 6.58. The summed E-state index contributed by atoms with van der Waals surface area (Å²) in [6, 6.07) is 0. The largest absolute Gasteiger partial charge is 0.396 e. The fourth-order valence-electron chi connectivity index (χ4n) is 9.40. The van der Waals surface area contributed by atoms with Gasteiger partial charge in [-0.1, -0.05) is 47.0 Å². The molecule has 9 atom stereocenters. The third kappa shape index (κ3) is 2.73. The van der Waals surface area contributed by atoms with Crippen molar-refractivity contribution in [2.75, 3.05) is 6.61 Å². The van der Waals surface area contributed by atoms with Crippen molar-refractivity contribution in [3.63, 3.8) is 0 Å². The molecule has 0 aliphatic heterocycles. The lowest BCUT2D eigenvalue weighted by Gasteiger charge is -2.63. The summed E-state index contributed by atoms with van der Waals surface area (Å²) in [4.78, 5) is 0. The van der Waals surface area contributed by atoms with Gasteiger partial charge >= 0.3 is 0 Å². The summed E-state index contributed by atoms with van der Waals surface area (Å²) in [5.41, 5.74) is 1.21. The number of rotatable bonds is 4. The molecule has 1 N–H and O–H groups in total. The van der Waals surface area contributed by atoms with Crippen molar-refractivity contribution in [3.8, 4) is 0 Å². The lowest BCUT2D eigenvalue weighted by atomic mass is 9.42. The average molecular weight is 361 g/mol. The van der Waals surface area contributed by atoms with Crippen LogP contribution in [0.3, 0.4) is 0 Å². The smallest absolute Gasteiger partial charge is 0.0433 e. The van der Waals surface area contributed by atoms with Crippen LogP contribution in [0.5, 0.6) is 0 Å². The SMILES string of the molecule is CC[C@H]1C[C@H]2[C@@H]3CC[C@H]([C@H](C)CCO)[C@@]3(C)CC[C@@H]2[C@@]2(C)CCCCC12. The maximum Gasteiger partial charge on any atom is 0.0433 e. The van der Waals surface area contributed by atoms with Gasteiger partial charge in [0, 0.05) is 6.61 Å². The second-order valence-electron chi connectivity index (χ2n) is 11.4. The van der Waals surface area contributed by atoms with Gasteiger partial charge in [-0.15, -0.1) is 0 Å². The highest BCUT2D eigenvalue weighted by Crippen LogP contribution is 2.69. The van der Waals surface area contributed by atoms with Gasteiger partial charge in [-0.2, -0.15) is 0 Å². The Morgan fingerprint density at radius 2 is 1.69 bits per heavy atom. The van der Waals surface area contributed by atoms with Crippen LogP contribution in [0.15, 0.2) is 0 Å². The highest BCUT2D eigenvalue weighted by Gasteiger charge is 2.61. The molecular formula is C25H44O. The van der Waals surface area contributed by atoms with Gasteiger partial charge < -0.3 is 5.11 Å². The summed E-state index contributed by atoms with van der Waals surface area (Å²) in [6.45, 7) is 10.7. The molecule has 4 aliphatic carbocycles. The minimum absolute atomic E-state index is 0.377. The Labute approximate surface area is 162 Å². The van der Waals surface area contributed by atoms with Crippen molar-refractivity contribution in [2.45, 2.75) is 98.3 Å². The van der Waals surface area contributed by atoms with E-state index in [-0.39, 0.29) is 0 Å². The van der Waals surface area contributed by atoms with E-state index in [0.29, 0.717) is 23.4 Å². The average Bonchev–Trinajstić information content (AvgIpc) is 2.98. The molecule has 1 nitrogen and oxygen atoms in total. The molecule has 1 unspecified atom stereocenters. The van der Waals surface area contributed by atoms with Crippen LogP contribution >= 0.6 is 0 Å². The lowest BCUT2D eigenvalue weighted by Crippen LogP contribution is -2.55. The number of hydrogen-bond acceptors (Lipinski definition) is 1. The van der Waals surface area contributed by atoms with Gasteiger partial charge in [0.2, 0.25) is 0 Å². The monoisotopic (exact) mass is 360 g/mol. The second kappa shape index (κ2) is 7.09. The van der Waals surface area contributed by atoms with Crippen molar-refractivity contribution in [1.82, 2.24) is 0 Å². The predicted molar refractivity (Wildman–Crippen MR) is 110 cm³/mol. The minimum Gasteiger partial charge on any atom is -0.396 e. The van der Waals surface area contributed by atoms with E-state index in [9.17, 15) is 5.11 Å². The van der Waals surface area contributed by atoms with Crippen LogP contribution in [-0.2, 0) is 0 Å². The van der Waals surface area contributed by atoms with Crippen LogP contribution in [0.25, 0.3) is 0 Å². The molecule has 150 valence electrons. The van der Waals surface area contributed by atoms with Crippen molar-refractivity contribution < 1.29 is 5.11 Å². The topological polar surface area (TPSA) is 20.2 Å². The van der Waals surface area contributed by atoms with E-state index < -0.39 is 0 Å². The zero-order chi connectivity index (χ0) is 18.5. The third-order valence-corrected chi connectivity index (χ3v) is 10.6. The summed E-state index contributed by atoms with van der Waals surface area (Å²) in [5, 5.41) is 9.49. The first-order chi connectivity index (χ1) is 12.5. The zero-order valence-corrected chi connectivity index (χ0v) is 18.0. The van der Waals surface area contributed by atoms with Gasteiger partial charge in [0.15, 0.2) is 0 Å². The third-order valence-electron chi connectivity index (χ3n) is 10.6. The number of aliphatic hydroxyl groups excluding tert-OH is 1. The van der Waals surface area contributed by atoms with E-state index in [4.69, 9.17) is 0 Å². The van der Waals surface area contributed by atoms with Crippen LogP contribution in [0.1, 0.15) is 98.3 Å². The van der Waals surface area contributed by atoms with Crippen LogP contribution in [0.2, 0.25) is 0 Å². The van der Waals surface area contributed by atoms with Crippen molar-refractivity contribution in [3.05, 3.63) is 0 Å². The molecule has 26 heavy (non-hydrogen) atoms. The van der Waals surface area contributed by atoms with Gasteiger partial charge in [-0.3, -0.25) is 0 Å². The van der Waals surface area contributed by atoms with Crippen LogP contribution in [0, 0.1) is 52.3 Å². The maximum absolute atomic E-state index is 9.49. The molecule has 0 bridgehead atoms. The molecule has 4 fully saturated rings. The zero-order valence-electron chi connectivity index (χ0n) is 18.0. The molecule has 4 aliphatic rings. The van der Waals surface area contributed by atoms with Gasteiger partial charge in [-0.25, -0.2) is 0 Å². The van der Waals surface area contributed by atoms with E-state index in [1.807, 2.05) is 0 Å². The maximum atomic E-state index is 9.49. The van der Waals surface area contributed by atoms with E-state index >= 15 is 0 Å². The molecule has 0 amide bonds. The molecule has 0 aromatic rings. The summed E-state index contributed by atoms with van der Waals surface area (Å²) in [7, 11) is 0. The highest BCUT2D eigenvalue weighted by atomic mass is 16.3. The molecule has 0 radical (unpaired) electrons. The number of fused-ring (bicyclic) bond motifs is 5. The highest BCUT2D eigenvalue weighted by molar-refractivity contribution is 5.10. The first-order valence-corrected chi connectivity index (χ1v) is 12.1. The fourth-order valence-corrected chi connectivity index (χ4v) is 9.40. The Morgan fingerprint density at radius 1 is 0.923 bits per heavy atom. The number of aliphatic hydroxyl groups is 1. The van der Waals surface area contributed by atoms with E-state index in [1.54, 1.807) is 6.42 Å². The molecule has 0 saturated heterocycles. The predicted octanol–water partition coefficient (Wildman–Crippen LogP) is 6.69. The van der Waals surface area contributed by atoms with Crippen molar-refractivity contribution >= 4 is 0 Å². The molecule has 0 spiro atoms. The van der Waals surface area contributed by atoms with Crippen molar-refractivity contribution in [1.29, 1.82) is 0 Å². The Bertz CT molecular complexity index is 500. The van der Waals surface area contributed by atoms with Gasteiger partial charge in [0.1, 0.15) is 0 Å². The summed E-state index contributed by atoms with van der Waals surface area (Å²) in [6.07, 6.45) is 15.9. The molecule has 4 rings (SSSR count). The Hall–Kier alpha value is -0.0400. The van der Waals surface area contributed by atoms with E-state index in [2.05, 4.69) is 27.7 Å². The minimum atomic E-state index is 0.377. The fraction of sp³-hybridized carbons (Fsp3) is 1.00. The summed E-state index contributed by atoms with van der Waals surface area (Å²) >= 11 is 0. The quantitative estimate of drug-likeness (QED) is 0.592. The molecule has 0 aromatic heterocycles. The normalized spacial score (nSPS) is 52.0. The molecule has 0 heterocycles. The van der Waals surface area contributed by atoms with Gasteiger partial charge in [0.25, 0.3) is 0 Å². The Balaban J connectivity index is 1.62. The standard InChI is InChI=1S/C25H44O/c1-5-18-16-19-22-10-9-20(17(2)12-15-26)25(22,4)14-11-23(19)24(3)13-7-6-8-21(18)24/h17-23,26H,5-16H2,1-4H3/t17-,18+,19+,20-,21?,22+,23+,24+,25-/m1/s1. The van der Waals surface area contributed by atoms with Crippen molar-refractivity contribution in [2.24, 2.45) is 52.3 Å². The second-order valence-corrected chi connectivity index (χ2v) is 11.4. The van der Waals surface area contributed by atoms with Gasteiger partial charge in [-0.05, 0) is 104 Å². The first kappa shape index (κ1) is 19.3. The van der Waals surface area contributed by atoms with Gasteiger partial charge in [0.05, 0.1) is 0 Å². The van der Waals surface area contributed by atoms with Crippen LogP contribution in [-0.4, -0.2) is 11.7 Å². The molecular weight excluding hydrogens is 316 g/mol. The van der Waals surface area contributed by atoms with E-state index in [1.165, 1.54) is 57.8 Å². The first-order valence-electron chi connectivity index (χ1n) is 12.1. The Kier molecular flexibility index (Phi) is 5.26. The van der Waals surface area contributed by atoms with Crippen LogP contribution in [0.4, 0.5) is 0 Å². The molecule has 1 heteroatoms. The summed E-state index contributed by atoms with van der Waals surface area (Å²) < 4.78 is 0. The van der Waals surface area contributed by atoms with Crippen LogP contribution < -0.4 is 0 Å². The molecule has 0 aromatic carbocycles.